The molecule has 0 aromatic heterocycles. The van der Waals surface area contributed by atoms with E-state index in [4.69, 9.17) is 22.0 Å². The van der Waals surface area contributed by atoms with Crippen LogP contribution in [0.2, 0.25) is 5.02 Å². The molecule has 0 bridgehead atoms. The molecule has 2 aromatic carbocycles. The molecule has 0 unspecified atom stereocenters. The molecule has 0 aliphatic heterocycles. The van der Waals surface area contributed by atoms with Crippen molar-refractivity contribution in [2.45, 2.75) is 6.18 Å². The standard InChI is InChI=1S/C15H7ClF3NO2/c16-13-2-1-8(3-11(13)7-20)9-4-10(14(21)22)6-12(5-9)15(17,18)19/h1-6H,(H,21,22). The van der Waals surface area contributed by atoms with E-state index < -0.39 is 23.3 Å². The molecule has 7 heteroatoms. The number of carbonyl (C=O) groups is 1. The van der Waals surface area contributed by atoms with Gasteiger partial charge in [-0.25, -0.2) is 4.79 Å². The minimum absolute atomic E-state index is 0.0420. The van der Waals surface area contributed by atoms with Crippen LogP contribution in [0, 0.1) is 11.3 Å². The summed E-state index contributed by atoms with van der Waals surface area (Å²) in [5.74, 6) is -1.47. The Bertz CT molecular complexity index is 794. The average Bonchev–Trinajstić information content (AvgIpc) is 2.46. The number of hydrogen-bond donors (Lipinski definition) is 1. The number of rotatable bonds is 2. The van der Waals surface area contributed by atoms with Crippen molar-refractivity contribution < 1.29 is 23.1 Å². The van der Waals surface area contributed by atoms with Gasteiger partial charge in [0.1, 0.15) is 6.07 Å². The molecule has 0 amide bonds. The van der Waals surface area contributed by atoms with Gasteiger partial charge in [0.25, 0.3) is 0 Å². The lowest BCUT2D eigenvalue weighted by Crippen LogP contribution is -2.08. The average molecular weight is 326 g/mol. The molecule has 112 valence electrons. The number of carboxylic acid groups (broad SMARTS) is 1. The van der Waals surface area contributed by atoms with E-state index in [2.05, 4.69) is 0 Å². The van der Waals surface area contributed by atoms with Crippen molar-refractivity contribution in [2.75, 3.05) is 0 Å². The summed E-state index contributed by atoms with van der Waals surface area (Å²) in [7, 11) is 0. The molecule has 2 aromatic rings. The molecule has 0 saturated heterocycles. The maximum Gasteiger partial charge on any atom is 0.416 e. The molecule has 0 saturated carbocycles. The van der Waals surface area contributed by atoms with Gasteiger partial charge in [-0.3, -0.25) is 0 Å². The third kappa shape index (κ3) is 3.21. The van der Waals surface area contributed by atoms with Crippen molar-refractivity contribution in [2.24, 2.45) is 0 Å². The van der Waals surface area contributed by atoms with Crippen molar-refractivity contribution >= 4 is 17.6 Å². The van der Waals surface area contributed by atoms with Crippen LogP contribution in [0.4, 0.5) is 13.2 Å². The molecular weight excluding hydrogens is 319 g/mol. The van der Waals surface area contributed by atoms with Crippen molar-refractivity contribution in [3.05, 3.63) is 58.1 Å². The molecule has 1 N–H and O–H groups in total. The van der Waals surface area contributed by atoms with Gasteiger partial charge < -0.3 is 5.11 Å². The minimum Gasteiger partial charge on any atom is -0.478 e. The largest absolute Gasteiger partial charge is 0.478 e. The quantitative estimate of drug-likeness (QED) is 0.878. The molecular formula is C15H7ClF3NO2. The molecule has 3 nitrogen and oxygen atoms in total. The fraction of sp³-hybridized carbons (Fsp3) is 0.0667. The smallest absolute Gasteiger partial charge is 0.416 e. The van der Waals surface area contributed by atoms with Gasteiger partial charge in [0.15, 0.2) is 0 Å². The Morgan fingerprint density at radius 2 is 1.82 bits per heavy atom. The van der Waals surface area contributed by atoms with Gasteiger partial charge >= 0.3 is 12.1 Å². The van der Waals surface area contributed by atoms with E-state index in [1.165, 1.54) is 18.2 Å². The Labute approximate surface area is 128 Å². The molecule has 0 atom stereocenters. The SMILES string of the molecule is N#Cc1cc(-c2cc(C(=O)O)cc(C(F)(F)F)c2)ccc1Cl. The summed E-state index contributed by atoms with van der Waals surface area (Å²) in [5.41, 5.74) is -1.16. The molecule has 0 fully saturated rings. The lowest BCUT2D eigenvalue weighted by Gasteiger charge is -2.11. The van der Waals surface area contributed by atoms with Crippen LogP contribution in [0.25, 0.3) is 11.1 Å². The highest BCUT2D eigenvalue weighted by Gasteiger charge is 2.32. The summed E-state index contributed by atoms with van der Waals surface area (Å²) in [4.78, 5) is 11.0. The van der Waals surface area contributed by atoms with Crippen molar-refractivity contribution in [3.63, 3.8) is 0 Å². The number of carboxylic acids is 1. The number of hydrogen-bond acceptors (Lipinski definition) is 2. The number of alkyl halides is 3. The topological polar surface area (TPSA) is 61.1 Å². The van der Waals surface area contributed by atoms with Gasteiger partial charge in [0.05, 0.1) is 21.7 Å². The zero-order valence-corrected chi connectivity index (χ0v) is 11.5. The lowest BCUT2D eigenvalue weighted by molar-refractivity contribution is -0.137. The molecule has 0 spiro atoms. The second kappa shape index (κ2) is 5.70. The maximum absolute atomic E-state index is 12.9. The Morgan fingerprint density at radius 3 is 2.36 bits per heavy atom. The van der Waals surface area contributed by atoms with Gasteiger partial charge in [-0.1, -0.05) is 17.7 Å². The van der Waals surface area contributed by atoms with E-state index in [1.807, 2.05) is 6.07 Å². The van der Waals surface area contributed by atoms with Crippen LogP contribution in [0.5, 0.6) is 0 Å². The number of nitriles is 1. The molecule has 22 heavy (non-hydrogen) atoms. The van der Waals surface area contributed by atoms with E-state index in [1.54, 1.807) is 0 Å². The van der Waals surface area contributed by atoms with Crippen LogP contribution < -0.4 is 0 Å². The molecule has 0 heterocycles. The molecule has 0 aliphatic carbocycles. The first kappa shape index (κ1) is 15.9. The number of halogens is 4. The zero-order valence-electron chi connectivity index (χ0n) is 10.8. The normalized spacial score (nSPS) is 11.0. The predicted molar refractivity (Wildman–Crippen MR) is 73.6 cm³/mol. The van der Waals surface area contributed by atoms with Crippen molar-refractivity contribution in [1.82, 2.24) is 0 Å². The van der Waals surface area contributed by atoms with Crippen LogP contribution in [0.3, 0.4) is 0 Å². The van der Waals surface area contributed by atoms with Crippen LogP contribution >= 0.6 is 11.6 Å². The first-order chi connectivity index (χ1) is 10.2. The number of aromatic carboxylic acids is 1. The van der Waals surface area contributed by atoms with Crippen LogP contribution in [0.15, 0.2) is 36.4 Å². The summed E-state index contributed by atoms with van der Waals surface area (Å²) in [5, 5.41) is 18.0. The maximum atomic E-state index is 12.9. The van der Waals surface area contributed by atoms with Crippen LogP contribution in [-0.4, -0.2) is 11.1 Å². The Morgan fingerprint density at radius 1 is 1.14 bits per heavy atom. The summed E-state index contributed by atoms with van der Waals surface area (Å²) < 4.78 is 38.6. The van der Waals surface area contributed by atoms with Gasteiger partial charge in [-0.05, 0) is 41.5 Å². The summed E-state index contributed by atoms with van der Waals surface area (Å²) in [6.45, 7) is 0. The second-order valence-electron chi connectivity index (χ2n) is 4.41. The summed E-state index contributed by atoms with van der Waals surface area (Å²) in [6.07, 6.45) is -4.68. The van der Waals surface area contributed by atoms with Gasteiger partial charge in [-0.15, -0.1) is 0 Å². The fourth-order valence-corrected chi connectivity index (χ4v) is 2.03. The second-order valence-corrected chi connectivity index (χ2v) is 4.82. The van der Waals surface area contributed by atoms with E-state index in [9.17, 15) is 18.0 Å². The van der Waals surface area contributed by atoms with E-state index in [0.29, 0.717) is 6.07 Å². The highest BCUT2D eigenvalue weighted by molar-refractivity contribution is 6.31. The molecule has 0 radical (unpaired) electrons. The summed E-state index contributed by atoms with van der Waals surface area (Å²) >= 11 is 5.77. The lowest BCUT2D eigenvalue weighted by atomic mass is 9.98. The van der Waals surface area contributed by atoms with Gasteiger partial charge in [-0.2, -0.15) is 18.4 Å². The first-order valence-corrected chi connectivity index (χ1v) is 6.26. The fourth-order valence-electron chi connectivity index (χ4n) is 1.87. The highest BCUT2D eigenvalue weighted by Crippen LogP contribution is 2.34. The Balaban J connectivity index is 2.67. The third-order valence-corrected chi connectivity index (χ3v) is 3.26. The monoisotopic (exact) mass is 325 g/mol. The van der Waals surface area contributed by atoms with Crippen molar-refractivity contribution in [1.29, 1.82) is 5.26 Å². The number of nitrogens with zero attached hydrogens (tertiary/aromatic N) is 1. The third-order valence-electron chi connectivity index (χ3n) is 2.93. The van der Waals surface area contributed by atoms with Crippen molar-refractivity contribution in [3.8, 4) is 17.2 Å². The minimum atomic E-state index is -4.68. The molecule has 0 aliphatic rings. The predicted octanol–water partition coefficient (Wildman–Crippen LogP) is 4.60. The van der Waals surface area contributed by atoms with Gasteiger partial charge in [0.2, 0.25) is 0 Å². The Hall–Kier alpha value is -2.52. The van der Waals surface area contributed by atoms with E-state index in [0.717, 1.165) is 12.1 Å². The number of benzene rings is 2. The Kier molecular flexibility index (Phi) is 4.11. The van der Waals surface area contributed by atoms with E-state index >= 15 is 0 Å². The molecule has 2 rings (SSSR count). The zero-order chi connectivity index (χ0) is 16.5. The van der Waals surface area contributed by atoms with E-state index in [-0.39, 0.29) is 21.7 Å². The summed E-state index contributed by atoms with van der Waals surface area (Å²) in [6, 6.07) is 8.42. The van der Waals surface area contributed by atoms with Crippen LogP contribution in [-0.2, 0) is 6.18 Å². The highest BCUT2D eigenvalue weighted by atomic mass is 35.5. The van der Waals surface area contributed by atoms with Crippen LogP contribution in [0.1, 0.15) is 21.5 Å². The van der Waals surface area contributed by atoms with Gasteiger partial charge in [0, 0.05) is 0 Å². The first-order valence-electron chi connectivity index (χ1n) is 5.88.